The van der Waals surface area contributed by atoms with Crippen molar-refractivity contribution >= 4 is 17.6 Å². The molecular weight excluding hydrogens is 550 g/mol. The first-order valence-corrected chi connectivity index (χ1v) is 14.1. The molecule has 1 aliphatic rings. The average Bonchev–Trinajstić information content (AvgIpc) is 3.52. The zero-order valence-electron chi connectivity index (χ0n) is 19.5. The van der Waals surface area contributed by atoms with E-state index in [4.69, 9.17) is 9.72 Å². The Morgan fingerprint density at radius 3 is 2.88 bits per heavy atom. The van der Waals surface area contributed by atoms with E-state index in [1.807, 2.05) is 12.5 Å². The number of likely N-dealkylation sites (N-methyl/N-ethyl adjacent to an activating group) is 1. The number of anilines is 3. The number of rotatable bonds is 12. The summed E-state index contributed by atoms with van der Waals surface area (Å²) in [5.41, 5.74) is 0.563. The van der Waals surface area contributed by atoms with Crippen LogP contribution < -0.4 is 36.6 Å². The Hall–Kier alpha value is -2.54. The molecule has 4 rings (SSSR count). The molecule has 3 aromatic rings. The van der Waals surface area contributed by atoms with Gasteiger partial charge < -0.3 is 0 Å². The van der Waals surface area contributed by atoms with Crippen molar-refractivity contribution < 1.29 is 30.3 Å². The first-order valence-electron chi connectivity index (χ1n) is 11.5. The normalized spacial score (nSPS) is 16.1. The maximum atomic E-state index is 14.2. The second kappa shape index (κ2) is 12.2. The molecule has 34 heavy (non-hydrogen) atoms. The van der Waals surface area contributed by atoms with Gasteiger partial charge in [-0.3, -0.25) is 0 Å². The standard InChI is InChI=1S/C23H31FIN8O/c1-3-33-12-4-6-18(33)15-27-22-29-21(25-9-5-11-32-13-10-26-16-32)30-23(31-22)28-17-7-8-20(34-2)19(24)14-17/h7-8,10,13-14,16,18H,3-6,9,11-12,15H2,1-2H3,(H2,27,28,29,30,31)/q-1. The fourth-order valence-electron chi connectivity index (χ4n) is 3.98. The van der Waals surface area contributed by atoms with Crippen molar-refractivity contribution in [1.29, 1.82) is 0 Å². The minimum absolute atomic E-state index is 0.199. The van der Waals surface area contributed by atoms with Gasteiger partial charge in [0, 0.05) is 0 Å². The first kappa shape index (κ1) is 24.6. The molecule has 3 heterocycles. The van der Waals surface area contributed by atoms with Crippen LogP contribution in [-0.4, -0.2) is 66.6 Å². The Morgan fingerprint density at radius 1 is 1.24 bits per heavy atom. The van der Waals surface area contributed by atoms with Gasteiger partial charge in [-0.05, 0) is 0 Å². The minimum atomic E-state index is -0.437. The number of methoxy groups -OCH3 is 1. The summed E-state index contributed by atoms with van der Waals surface area (Å²) in [6.07, 6.45) is 9.04. The van der Waals surface area contributed by atoms with Gasteiger partial charge in [0.15, 0.2) is 0 Å². The summed E-state index contributed by atoms with van der Waals surface area (Å²) in [4.78, 5) is 20.5. The summed E-state index contributed by atoms with van der Waals surface area (Å²) in [5, 5.41) is 6.56. The van der Waals surface area contributed by atoms with Crippen LogP contribution in [0.3, 0.4) is 0 Å². The molecule has 0 radical (unpaired) electrons. The monoisotopic (exact) mass is 581 g/mol. The van der Waals surface area contributed by atoms with Crippen LogP contribution in [0.2, 0.25) is 0 Å². The number of imidazole rings is 1. The third-order valence-electron chi connectivity index (χ3n) is 5.74. The second-order valence-electron chi connectivity index (χ2n) is 8.01. The van der Waals surface area contributed by atoms with Crippen molar-refractivity contribution in [2.45, 2.75) is 38.8 Å². The molecule has 0 saturated carbocycles. The van der Waals surface area contributed by atoms with Crippen LogP contribution in [-0.2, 0) is 6.54 Å². The van der Waals surface area contributed by atoms with E-state index in [0.717, 1.165) is 40.9 Å². The zero-order valence-corrected chi connectivity index (χ0v) is 21.7. The molecule has 1 unspecified atom stereocenters. The summed E-state index contributed by atoms with van der Waals surface area (Å²) in [7, 11) is 1.45. The number of aryl methyl sites for hydroxylation is 1. The van der Waals surface area contributed by atoms with Crippen LogP contribution >= 0.6 is 0 Å². The van der Waals surface area contributed by atoms with Crippen molar-refractivity contribution in [1.82, 2.24) is 29.4 Å². The third-order valence-corrected chi connectivity index (χ3v) is 8.21. The van der Waals surface area contributed by atoms with E-state index < -0.39 is 27.0 Å². The molecule has 1 atom stereocenters. The van der Waals surface area contributed by atoms with Gasteiger partial charge in [0.05, 0.1) is 0 Å². The van der Waals surface area contributed by atoms with E-state index in [0.29, 0.717) is 23.6 Å². The number of hydrogen-bond donors (Lipinski definition) is 2. The van der Waals surface area contributed by atoms with E-state index in [1.165, 1.54) is 26.0 Å². The Balaban J connectivity index is 1.44. The summed E-state index contributed by atoms with van der Waals surface area (Å²) >= 11 is -0.396. The predicted molar refractivity (Wildman–Crippen MR) is 125 cm³/mol. The van der Waals surface area contributed by atoms with Gasteiger partial charge in [-0.15, -0.1) is 0 Å². The van der Waals surface area contributed by atoms with E-state index in [2.05, 4.69) is 42.0 Å². The number of halogens is 2. The van der Waals surface area contributed by atoms with Crippen LogP contribution in [0.4, 0.5) is 22.0 Å². The number of ether oxygens (including phenoxy) is 1. The molecule has 2 aromatic heterocycles. The van der Waals surface area contributed by atoms with Crippen LogP contribution in [0, 0.1) is 9.65 Å². The van der Waals surface area contributed by atoms with Gasteiger partial charge in [0.25, 0.3) is 0 Å². The van der Waals surface area contributed by atoms with Gasteiger partial charge in [-0.2, -0.15) is 0 Å². The molecule has 184 valence electrons. The van der Waals surface area contributed by atoms with Crippen molar-refractivity contribution in [3.63, 3.8) is 0 Å². The zero-order chi connectivity index (χ0) is 23.8. The molecule has 0 bridgehead atoms. The Morgan fingerprint density at radius 2 is 2.12 bits per heavy atom. The third kappa shape index (κ3) is 6.75. The molecule has 1 aliphatic heterocycles. The Bertz CT molecular complexity index is 1050. The summed E-state index contributed by atoms with van der Waals surface area (Å²) in [6, 6.07) is 5.20. The Labute approximate surface area is 209 Å². The van der Waals surface area contributed by atoms with Gasteiger partial charge >= 0.3 is 210 Å². The molecule has 1 aromatic carbocycles. The maximum absolute atomic E-state index is 14.2. The number of alkyl halides is 1. The number of nitrogens with one attached hydrogen (secondary N) is 2. The van der Waals surface area contributed by atoms with Crippen molar-refractivity contribution in [3.8, 4) is 5.75 Å². The number of benzene rings is 1. The van der Waals surface area contributed by atoms with Gasteiger partial charge in [0.1, 0.15) is 0 Å². The van der Waals surface area contributed by atoms with Gasteiger partial charge in [-0.1, -0.05) is 0 Å². The topological polar surface area (TPSA) is 93.0 Å². The van der Waals surface area contributed by atoms with Crippen LogP contribution in [0.5, 0.6) is 5.75 Å². The fraction of sp³-hybridized carbons (Fsp3) is 0.478. The van der Waals surface area contributed by atoms with E-state index >= 15 is 0 Å². The first-order chi connectivity index (χ1) is 16.6. The molecule has 0 aliphatic carbocycles. The summed E-state index contributed by atoms with van der Waals surface area (Å²) in [6.45, 7) is 6.12. The number of aromatic nitrogens is 5. The fourth-order valence-corrected chi connectivity index (χ4v) is 5.99. The predicted octanol–water partition coefficient (Wildman–Crippen LogP) is 0.205. The molecule has 9 nitrogen and oxygen atoms in total. The van der Waals surface area contributed by atoms with Crippen LogP contribution in [0.1, 0.15) is 26.2 Å². The van der Waals surface area contributed by atoms with E-state index in [9.17, 15) is 4.39 Å². The molecule has 0 amide bonds. The Kier molecular flexibility index (Phi) is 8.85. The average molecular weight is 581 g/mol. The van der Waals surface area contributed by atoms with Crippen LogP contribution in [0.25, 0.3) is 0 Å². The molecule has 0 spiro atoms. The van der Waals surface area contributed by atoms with E-state index in [1.54, 1.807) is 18.3 Å². The van der Waals surface area contributed by atoms with E-state index in [-0.39, 0.29) is 5.75 Å². The van der Waals surface area contributed by atoms with Gasteiger partial charge in [0.2, 0.25) is 0 Å². The number of nitrogens with zero attached hydrogens (tertiary/aromatic N) is 6. The molecular formula is C23H31FIN8O-. The van der Waals surface area contributed by atoms with Crippen LogP contribution in [0.15, 0.2) is 36.9 Å². The second-order valence-corrected chi connectivity index (χ2v) is 10.8. The SMILES string of the molecule is CCN1CCCC1CNc1nc(Nc2ccc(OC)c(F)c2)nc([I-]CCCn2ccnc2)n1. The van der Waals surface area contributed by atoms with Crippen molar-refractivity contribution in [2.24, 2.45) is 0 Å². The summed E-state index contributed by atoms with van der Waals surface area (Å²) in [5.74, 6) is 0.752. The summed E-state index contributed by atoms with van der Waals surface area (Å²) < 4.78 is 23.1. The number of hydrogen-bond acceptors (Lipinski definition) is 8. The van der Waals surface area contributed by atoms with Gasteiger partial charge in [-0.25, -0.2) is 0 Å². The quantitative estimate of drug-likeness (QED) is 0.178. The molecule has 1 fully saturated rings. The number of likely N-dealkylation sites (tertiary alicyclic amines) is 1. The van der Waals surface area contributed by atoms with Crippen molar-refractivity contribution in [2.75, 3.05) is 41.8 Å². The molecule has 1 saturated heterocycles. The molecule has 2 N–H and O–H groups in total. The molecule has 11 heteroatoms. The van der Waals surface area contributed by atoms with Crippen molar-refractivity contribution in [3.05, 3.63) is 46.6 Å².